The van der Waals surface area contributed by atoms with E-state index in [2.05, 4.69) is 4.98 Å². The number of nitrogens with zero attached hydrogens (tertiary/aromatic N) is 2. The number of thiazole rings is 1. The summed E-state index contributed by atoms with van der Waals surface area (Å²) in [6, 6.07) is 0. The third-order valence-electron chi connectivity index (χ3n) is 2.21. The first-order valence-corrected chi connectivity index (χ1v) is 6.22. The Morgan fingerprint density at radius 3 is 2.53 bits per heavy atom. The molecule has 0 unspecified atom stereocenters. The van der Waals surface area contributed by atoms with Crippen LogP contribution in [0.2, 0.25) is 0 Å². The molecule has 1 aromatic rings. The SMILES string of the molecule is CCCN(CC(=O)O)c1nc(C(C)=O)c(C)s1. The molecule has 0 atom stereocenters. The summed E-state index contributed by atoms with van der Waals surface area (Å²) < 4.78 is 0. The van der Waals surface area contributed by atoms with Crippen LogP contribution in [0.3, 0.4) is 0 Å². The Bertz CT molecular complexity index is 428. The van der Waals surface area contributed by atoms with E-state index in [9.17, 15) is 9.59 Å². The first-order chi connectivity index (χ1) is 7.95. The lowest BCUT2D eigenvalue weighted by Gasteiger charge is -2.18. The van der Waals surface area contributed by atoms with Crippen molar-refractivity contribution in [1.82, 2.24) is 4.98 Å². The van der Waals surface area contributed by atoms with Gasteiger partial charge in [-0.3, -0.25) is 9.59 Å². The highest BCUT2D eigenvalue weighted by atomic mass is 32.1. The van der Waals surface area contributed by atoms with Crippen LogP contribution in [-0.4, -0.2) is 34.9 Å². The Hall–Kier alpha value is -1.43. The van der Waals surface area contributed by atoms with Crippen molar-refractivity contribution in [3.05, 3.63) is 10.6 Å². The van der Waals surface area contributed by atoms with Crippen LogP contribution in [0, 0.1) is 6.92 Å². The average Bonchev–Trinajstić information content (AvgIpc) is 2.59. The van der Waals surface area contributed by atoms with Gasteiger partial charge < -0.3 is 10.0 Å². The quantitative estimate of drug-likeness (QED) is 0.788. The van der Waals surface area contributed by atoms with Gasteiger partial charge in [0.25, 0.3) is 0 Å². The normalized spacial score (nSPS) is 10.3. The number of carbonyl (C=O) groups is 2. The predicted octanol–water partition coefficient (Wildman–Crippen LogP) is 1.96. The Labute approximate surface area is 104 Å². The molecule has 0 fully saturated rings. The van der Waals surface area contributed by atoms with Gasteiger partial charge in [-0.1, -0.05) is 6.92 Å². The second-order valence-corrected chi connectivity index (χ2v) is 4.95. The minimum atomic E-state index is -0.893. The van der Waals surface area contributed by atoms with Crippen molar-refractivity contribution in [2.45, 2.75) is 27.2 Å². The zero-order chi connectivity index (χ0) is 13.0. The van der Waals surface area contributed by atoms with Crippen LogP contribution in [0.1, 0.15) is 35.6 Å². The summed E-state index contributed by atoms with van der Waals surface area (Å²) in [5.74, 6) is -0.979. The van der Waals surface area contributed by atoms with E-state index in [4.69, 9.17) is 5.11 Å². The van der Waals surface area contributed by atoms with Crippen molar-refractivity contribution in [2.75, 3.05) is 18.0 Å². The largest absolute Gasteiger partial charge is 0.480 e. The van der Waals surface area contributed by atoms with Crippen molar-refractivity contribution in [3.8, 4) is 0 Å². The molecule has 5 nitrogen and oxygen atoms in total. The summed E-state index contributed by atoms with van der Waals surface area (Å²) >= 11 is 1.36. The molecule has 0 spiro atoms. The first-order valence-electron chi connectivity index (χ1n) is 5.40. The van der Waals surface area contributed by atoms with Crippen molar-refractivity contribution in [2.24, 2.45) is 0 Å². The summed E-state index contributed by atoms with van der Waals surface area (Å²) in [5, 5.41) is 9.43. The second kappa shape index (κ2) is 5.77. The molecule has 6 heteroatoms. The highest BCUT2D eigenvalue weighted by Crippen LogP contribution is 2.26. The van der Waals surface area contributed by atoms with Gasteiger partial charge in [0.15, 0.2) is 10.9 Å². The van der Waals surface area contributed by atoms with Crippen molar-refractivity contribution >= 4 is 28.2 Å². The molecule has 0 saturated carbocycles. The highest BCUT2D eigenvalue weighted by molar-refractivity contribution is 7.15. The Morgan fingerprint density at radius 1 is 1.47 bits per heavy atom. The van der Waals surface area contributed by atoms with Crippen LogP contribution in [0.5, 0.6) is 0 Å². The molecule has 1 heterocycles. The lowest BCUT2D eigenvalue weighted by atomic mass is 10.3. The van der Waals surface area contributed by atoms with E-state index in [1.807, 2.05) is 13.8 Å². The smallest absolute Gasteiger partial charge is 0.323 e. The van der Waals surface area contributed by atoms with Crippen molar-refractivity contribution in [1.29, 1.82) is 0 Å². The Kier molecular flexibility index (Phi) is 4.62. The molecule has 0 aliphatic heterocycles. The summed E-state index contributed by atoms with van der Waals surface area (Å²) in [7, 11) is 0. The number of Topliss-reactive ketones (excluding diaryl/α,β-unsaturated/α-hetero) is 1. The summed E-state index contributed by atoms with van der Waals surface area (Å²) in [6.45, 7) is 5.80. The fourth-order valence-electron chi connectivity index (χ4n) is 1.52. The maximum Gasteiger partial charge on any atom is 0.323 e. The summed E-state index contributed by atoms with van der Waals surface area (Å²) in [5.41, 5.74) is 0.441. The van der Waals surface area contributed by atoms with Gasteiger partial charge in [0.1, 0.15) is 12.2 Å². The molecule has 1 aromatic heterocycles. The van der Waals surface area contributed by atoms with E-state index in [0.717, 1.165) is 11.3 Å². The zero-order valence-corrected chi connectivity index (χ0v) is 11.0. The fourth-order valence-corrected chi connectivity index (χ4v) is 2.50. The van der Waals surface area contributed by atoms with E-state index in [0.29, 0.717) is 17.4 Å². The van der Waals surface area contributed by atoms with Crippen LogP contribution >= 0.6 is 11.3 Å². The Morgan fingerprint density at radius 2 is 2.12 bits per heavy atom. The van der Waals surface area contributed by atoms with Gasteiger partial charge in [0, 0.05) is 18.3 Å². The molecule has 0 radical (unpaired) electrons. The first kappa shape index (κ1) is 13.6. The lowest BCUT2D eigenvalue weighted by Crippen LogP contribution is -2.30. The molecule has 0 aliphatic rings. The van der Waals surface area contributed by atoms with E-state index in [1.54, 1.807) is 4.90 Å². The van der Waals surface area contributed by atoms with Crippen molar-refractivity contribution in [3.63, 3.8) is 0 Å². The number of anilines is 1. The fraction of sp³-hybridized carbons (Fsp3) is 0.545. The van der Waals surface area contributed by atoms with E-state index >= 15 is 0 Å². The molecule has 0 aromatic carbocycles. The van der Waals surface area contributed by atoms with Crippen LogP contribution in [0.4, 0.5) is 5.13 Å². The second-order valence-electron chi connectivity index (χ2n) is 3.77. The van der Waals surface area contributed by atoms with Crippen LogP contribution in [0.25, 0.3) is 0 Å². The molecule has 1 rings (SSSR count). The number of rotatable bonds is 6. The maximum atomic E-state index is 11.3. The number of hydrogen-bond donors (Lipinski definition) is 1. The van der Waals surface area contributed by atoms with E-state index in [1.165, 1.54) is 18.3 Å². The van der Waals surface area contributed by atoms with Crippen LogP contribution in [-0.2, 0) is 4.79 Å². The topological polar surface area (TPSA) is 70.5 Å². The van der Waals surface area contributed by atoms with Crippen LogP contribution in [0.15, 0.2) is 0 Å². The van der Waals surface area contributed by atoms with Gasteiger partial charge in [-0.15, -0.1) is 11.3 Å². The molecule has 94 valence electrons. The molecule has 17 heavy (non-hydrogen) atoms. The summed E-state index contributed by atoms with van der Waals surface area (Å²) in [6.07, 6.45) is 0.835. The number of hydrogen-bond acceptors (Lipinski definition) is 5. The zero-order valence-electron chi connectivity index (χ0n) is 10.2. The monoisotopic (exact) mass is 256 g/mol. The number of ketones is 1. The highest BCUT2D eigenvalue weighted by Gasteiger charge is 2.17. The molecule has 0 saturated heterocycles. The van der Waals surface area contributed by atoms with Gasteiger partial charge >= 0.3 is 5.97 Å². The third kappa shape index (κ3) is 3.52. The molecule has 0 amide bonds. The van der Waals surface area contributed by atoms with Crippen LogP contribution < -0.4 is 4.90 Å². The number of carboxylic acids is 1. The van der Waals surface area contributed by atoms with E-state index in [-0.39, 0.29) is 12.3 Å². The van der Waals surface area contributed by atoms with Gasteiger partial charge in [0.05, 0.1) is 0 Å². The maximum absolute atomic E-state index is 11.3. The number of aliphatic carboxylic acids is 1. The number of aryl methyl sites for hydroxylation is 1. The van der Waals surface area contributed by atoms with Gasteiger partial charge in [0.2, 0.25) is 0 Å². The Balaban J connectivity index is 2.97. The summed E-state index contributed by atoms with van der Waals surface area (Å²) in [4.78, 5) is 28.8. The minimum Gasteiger partial charge on any atom is -0.480 e. The molecule has 0 bridgehead atoms. The predicted molar refractivity (Wildman–Crippen MR) is 67.0 cm³/mol. The van der Waals surface area contributed by atoms with Gasteiger partial charge in [-0.2, -0.15) is 0 Å². The average molecular weight is 256 g/mol. The van der Waals surface area contributed by atoms with Crippen molar-refractivity contribution < 1.29 is 14.7 Å². The van der Waals surface area contributed by atoms with Gasteiger partial charge in [-0.25, -0.2) is 4.98 Å². The molecule has 1 N–H and O–H groups in total. The number of carboxylic acid groups (broad SMARTS) is 1. The lowest BCUT2D eigenvalue weighted by molar-refractivity contribution is -0.135. The van der Waals surface area contributed by atoms with Gasteiger partial charge in [-0.05, 0) is 13.3 Å². The van der Waals surface area contributed by atoms with E-state index < -0.39 is 5.97 Å². The molecule has 0 aliphatic carbocycles. The number of aromatic nitrogens is 1. The molecular formula is C11H16N2O3S. The number of carbonyl (C=O) groups excluding carboxylic acids is 1. The molecular weight excluding hydrogens is 240 g/mol. The minimum absolute atomic E-state index is 0.0852. The third-order valence-corrected chi connectivity index (χ3v) is 3.24. The standard InChI is InChI=1S/C11H16N2O3S/c1-4-5-13(6-9(15)16)11-12-10(7(2)14)8(3)17-11/h4-6H2,1-3H3,(H,15,16).